The van der Waals surface area contributed by atoms with E-state index in [1.807, 2.05) is 24.3 Å². The van der Waals surface area contributed by atoms with Crippen molar-refractivity contribution in [3.8, 4) is 0 Å². The van der Waals surface area contributed by atoms with Crippen LogP contribution in [0.1, 0.15) is 53.0 Å². The Morgan fingerprint density at radius 2 is 1.91 bits per heavy atom. The first-order valence-electron chi connectivity index (χ1n) is 8.23. The molecule has 1 aliphatic rings. The van der Waals surface area contributed by atoms with E-state index in [1.165, 1.54) is 10.9 Å². The molecule has 3 nitrogen and oxygen atoms in total. The smallest absolute Gasteiger partial charge is 0.163 e. The van der Waals surface area contributed by atoms with Crippen molar-refractivity contribution >= 4 is 33.4 Å². The molecule has 0 unspecified atom stereocenters. The highest BCUT2D eigenvalue weighted by Crippen LogP contribution is 2.37. The van der Waals surface area contributed by atoms with Crippen LogP contribution in [0.2, 0.25) is 0 Å². The van der Waals surface area contributed by atoms with E-state index in [2.05, 4.69) is 17.6 Å². The van der Waals surface area contributed by atoms with Gasteiger partial charge >= 0.3 is 0 Å². The van der Waals surface area contributed by atoms with Gasteiger partial charge in [0.05, 0.1) is 0 Å². The van der Waals surface area contributed by atoms with Crippen molar-refractivity contribution in [1.29, 1.82) is 0 Å². The molecule has 116 valence electrons. The lowest BCUT2D eigenvalue weighted by molar-refractivity contribution is 0.0991. The maximum atomic E-state index is 12.1. The quantitative estimate of drug-likeness (QED) is 0.667. The molecule has 0 N–H and O–H groups in total. The van der Waals surface area contributed by atoms with Crippen LogP contribution in [-0.2, 0) is 13.0 Å². The number of aryl methyl sites for hydroxylation is 2. The lowest BCUT2D eigenvalue weighted by Crippen LogP contribution is -1.97. The van der Waals surface area contributed by atoms with Gasteiger partial charge in [-0.05, 0) is 55.7 Å². The lowest BCUT2D eigenvalue weighted by Gasteiger charge is -2.06. The van der Waals surface area contributed by atoms with Crippen LogP contribution in [0.5, 0.6) is 0 Å². The summed E-state index contributed by atoms with van der Waals surface area (Å²) >= 11 is 0. The second-order valence-electron chi connectivity index (χ2n) is 6.35. The third-order valence-electron chi connectivity index (χ3n) is 4.89. The molecule has 23 heavy (non-hydrogen) atoms. The number of Topliss-reactive ketones (excluding diaryl/α,β-unsaturated/α-hetero) is 2. The Labute approximate surface area is 134 Å². The molecule has 3 aromatic rings. The number of hydrogen-bond donors (Lipinski definition) is 0. The van der Waals surface area contributed by atoms with E-state index in [0.29, 0.717) is 6.42 Å². The van der Waals surface area contributed by atoms with Gasteiger partial charge in [-0.2, -0.15) is 0 Å². The summed E-state index contributed by atoms with van der Waals surface area (Å²) in [6.07, 6.45) is 2.45. The van der Waals surface area contributed by atoms with E-state index in [-0.39, 0.29) is 11.6 Å². The van der Waals surface area contributed by atoms with Gasteiger partial charge in [-0.15, -0.1) is 0 Å². The van der Waals surface area contributed by atoms with Gasteiger partial charge < -0.3 is 4.57 Å². The van der Waals surface area contributed by atoms with E-state index in [9.17, 15) is 9.59 Å². The van der Waals surface area contributed by atoms with Gasteiger partial charge in [0.1, 0.15) is 0 Å². The minimum absolute atomic E-state index is 0.0759. The minimum atomic E-state index is 0.0759. The summed E-state index contributed by atoms with van der Waals surface area (Å²) in [5, 5.41) is 2.27. The van der Waals surface area contributed by atoms with Crippen molar-refractivity contribution in [2.45, 2.75) is 39.7 Å². The Hall–Kier alpha value is -2.42. The molecular weight excluding hydrogens is 286 g/mol. The summed E-state index contributed by atoms with van der Waals surface area (Å²) in [6, 6.07) is 9.99. The zero-order valence-electron chi connectivity index (χ0n) is 13.5. The highest BCUT2D eigenvalue weighted by Gasteiger charge is 2.24. The topological polar surface area (TPSA) is 39.1 Å². The summed E-state index contributed by atoms with van der Waals surface area (Å²) in [5.74, 6) is 0.313. The number of nitrogens with zero attached hydrogens (tertiary/aromatic N) is 1. The van der Waals surface area contributed by atoms with Gasteiger partial charge in [-0.25, -0.2) is 0 Å². The van der Waals surface area contributed by atoms with Gasteiger partial charge in [-0.3, -0.25) is 9.59 Å². The Morgan fingerprint density at radius 3 is 2.65 bits per heavy atom. The van der Waals surface area contributed by atoms with E-state index < -0.39 is 0 Å². The standard InChI is InChI=1S/C20H19NO2/c1-3-10-21-17-7-4-13(12(2)22)11-16(17)20-15-6-9-19(23)14(15)5-8-18(20)21/h4-5,7-8,11H,3,6,9-10H2,1-2H3. The van der Waals surface area contributed by atoms with Crippen LogP contribution >= 0.6 is 0 Å². The average Bonchev–Trinajstić information content (AvgIpc) is 3.06. The first kappa shape index (κ1) is 14.2. The molecule has 0 aliphatic heterocycles. The summed E-state index contributed by atoms with van der Waals surface area (Å²) in [7, 11) is 0. The van der Waals surface area contributed by atoms with Crippen LogP contribution in [0, 0.1) is 0 Å². The molecule has 3 heteroatoms. The minimum Gasteiger partial charge on any atom is -0.340 e. The molecule has 1 aliphatic carbocycles. The average molecular weight is 305 g/mol. The summed E-state index contributed by atoms with van der Waals surface area (Å²) in [6.45, 7) is 4.70. The van der Waals surface area contributed by atoms with Gasteiger partial charge in [0, 0.05) is 45.9 Å². The largest absolute Gasteiger partial charge is 0.340 e. The fraction of sp³-hybridized carbons (Fsp3) is 0.300. The van der Waals surface area contributed by atoms with E-state index in [4.69, 9.17) is 0 Å². The molecule has 0 saturated heterocycles. The van der Waals surface area contributed by atoms with Crippen molar-refractivity contribution in [3.05, 3.63) is 47.0 Å². The predicted octanol–water partition coefficient (Wildman–Crippen LogP) is 4.54. The predicted molar refractivity (Wildman–Crippen MR) is 92.4 cm³/mol. The Balaban J connectivity index is 2.17. The molecule has 1 heterocycles. The Morgan fingerprint density at radius 1 is 1.13 bits per heavy atom. The normalized spacial score (nSPS) is 13.9. The number of fused-ring (bicyclic) bond motifs is 5. The van der Waals surface area contributed by atoms with Crippen molar-refractivity contribution in [2.75, 3.05) is 0 Å². The summed E-state index contributed by atoms with van der Waals surface area (Å²) in [4.78, 5) is 23.9. The van der Waals surface area contributed by atoms with Crippen LogP contribution in [-0.4, -0.2) is 16.1 Å². The molecule has 0 spiro atoms. The molecule has 0 amide bonds. The van der Waals surface area contributed by atoms with Gasteiger partial charge in [0.25, 0.3) is 0 Å². The van der Waals surface area contributed by atoms with Crippen molar-refractivity contribution < 1.29 is 9.59 Å². The Kier molecular flexibility index (Phi) is 3.12. The molecule has 4 rings (SSSR count). The molecular formula is C20H19NO2. The molecule has 0 saturated carbocycles. The van der Waals surface area contributed by atoms with Crippen molar-refractivity contribution in [3.63, 3.8) is 0 Å². The zero-order chi connectivity index (χ0) is 16.1. The zero-order valence-corrected chi connectivity index (χ0v) is 13.5. The number of carbonyl (C=O) groups excluding carboxylic acids is 2. The number of aromatic nitrogens is 1. The van der Waals surface area contributed by atoms with E-state index >= 15 is 0 Å². The molecule has 0 atom stereocenters. The Bertz CT molecular complexity index is 978. The number of hydrogen-bond acceptors (Lipinski definition) is 2. The number of carbonyl (C=O) groups is 2. The monoisotopic (exact) mass is 305 g/mol. The first-order valence-corrected chi connectivity index (χ1v) is 8.23. The summed E-state index contributed by atoms with van der Waals surface area (Å²) in [5.41, 5.74) is 5.08. The second-order valence-corrected chi connectivity index (χ2v) is 6.35. The SMILES string of the molecule is CCCn1c2ccc(C(C)=O)cc2c2c3c(ccc21)C(=O)CC3. The number of benzene rings is 2. The first-order chi connectivity index (χ1) is 11.1. The van der Waals surface area contributed by atoms with E-state index in [1.54, 1.807) is 6.92 Å². The third-order valence-corrected chi connectivity index (χ3v) is 4.89. The second kappa shape index (κ2) is 5.05. The molecule has 2 aromatic carbocycles. The molecule has 1 aromatic heterocycles. The maximum absolute atomic E-state index is 12.1. The van der Waals surface area contributed by atoms with Crippen LogP contribution in [0.25, 0.3) is 21.8 Å². The van der Waals surface area contributed by atoms with Crippen LogP contribution in [0.3, 0.4) is 0 Å². The fourth-order valence-electron chi connectivity index (χ4n) is 3.84. The van der Waals surface area contributed by atoms with Crippen molar-refractivity contribution in [1.82, 2.24) is 4.57 Å². The molecule has 0 bridgehead atoms. The maximum Gasteiger partial charge on any atom is 0.163 e. The van der Waals surface area contributed by atoms with Crippen LogP contribution < -0.4 is 0 Å². The van der Waals surface area contributed by atoms with Gasteiger partial charge in [0.2, 0.25) is 0 Å². The van der Waals surface area contributed by atoms with Crippen LogP contribution in [0.15, 0.2) is 30.3 Å². The highest BCUT2D eigenvalue weighted by molar-refractivity contribution is 6.16. The lowest BCUT2D eigenvalue weighted by atomic mass is 10.0. The summed E-state index contributed by atoms with van der Waals surface area (Å²) < 4.78 is 2.32. The third kappa shape index (κ3) is 1.96. The van der Waals surface area contributed by atoms with Gasteiger partial charge in [0.15, 0.2) is 11.6 Å². The fourth-order valence-corrected chi connectivity index (χ4v) is 3.84. The highest BCUT2D eigenvalue weighted by atomic mass is 16.1. The van der Waals surface area contributed by atoms with Crippen LogP contribution in [0.4, 0.5) is 0 Å². The van der Waals surface area contributed by atoms with Crippen molar-refractivity contribution in [2.24, 2.45) is 0 Å². The molecule has 0 fully saturated rings. The number of ketones is 2. The van der Waals surface area contributed by atoms with E-state index in [0.717, 1.165) is 47.0 Å². The number of rotatable bonds is 3. The van der Waals surface area contributed by atoms with Gasteiger partial charge in [-0.1, -0.05) is 6.92 Å². The molecule has 0 radical (unpaired) electrons.